The fraction of sp³-hybridized carbons (Fsp3) is 0.375. The number of halogens is 2. The summed E-state index contributed by atoms with van der Waals surface area (Å²) in [6.07, 6.45) is 2.04. The van der Waals surface area contributed by atoms with Gasteiger partial charge in [0.25, 0.3) is 0 Å². The van der Waals surface area contributed by atoms with E-state index in [1.54, 1.807) is 23.1 Å². The maximum atomic E-state index is 13.8. The zero-order valence-corrected chi connectivity index (χ0v) is 24.3. The van der Waals surface area contributed by atoms with Gasteiger partial charge < -0.3 is 10.2 Å². The third-order valence-corrected chi connectivity index (χ3v) is 7.37. The molecule has 0 saturated carbocycles. The van der Waals surface area contributed by atoms with Crippen LogP contribution in [-0.2, 0) is 34.4 Å². The molecule has 0 spiro atoms. The van der Waals surface area contributed by atoms with E-state index in [1.165, 1.54) is 5.56 Å². The van der Waals surface area contributed by atoms with E-state index in [0.717, 1.165) is 17.5 Å². The van der Waals surface area contributed by atoms with Crippen LogP contribution in [0.25, 0.3) is 0 Å². The SMILES string of the molecule is CCCNC(=O)[C@H](Cc1ccccc1)N(Cc1c(Cl)cccc1Cl)C(=O)CCc1ccc(C(C)(C)C)cc1. The average Bonchev–Trinajstić information content (AvgIpc) is 2.89. The van der Waals surface area contributed by atoms with Gasteiger partial charge in [0, 0.05) is 41.5 Å². The minimum absolute atomic E-state index is 0.0654. The summed E-state index contributed by atoms with van der Waals surface area (Å²) in [4.78, 5) is 28.9. The van der Waals surface area contributed by atoms with E-state index in [1.807, 2.05) is 37.3 Å². The molecule has 3 aromatic carbocycles. The fourth-order valence-corrected chi connectivity index (χ4v) is 4.86. The summed E-state index contributed by atoms with van der Waals surface area (Å²) in [5.41, 5.74) is 4.01. The summed E-state index contributed by atoms with van der Waals surface area (Å²) in [6, 6.07) is 22.8. The topological polar surface area (TPSA) is 49.4 Å². The molecule has 0 saturated heterocycles. The fourth-order valence-electron chi connectivity index (χ4n) is 4.34. The molecule has 0 bridgehead atoms. The molecule has 0 radical (unpaired) electrons. The molecule has 0 unspecified atom stereocenters. The molecule has 3 rings (SSSR count). The normalized spacial score (nSPS) is 12.2. The van der Waals surface area contributed by atoms with Crippen LogP contribution in [-0.4, -0.2) is 29.3 Å². The number of rotatable bonds is 11. The van der Waals surface area contributed by atoms with Gasteiger partial charge in [0.05, 0.1) is 0 Å². The van der Waals surface area contributed by atoms with E-state index in [-0.39, 0.29) is 30.2 Å². The third-order valence-electron chi connectivity index (χ3n) is 6.66. The number of hydrogen-bond acceptors (Lipinski definition) is 2. The van der Waals surface area contributed by atoms with E-state index in [9.17, 15) is 9.59 Å². The molecule has 0 aliphatic heterocycles. The second-order valence-corrected chi connectivity index (χ2v) is 11.5. The molecular formula is C32H38Cl2N2O2. The Kier molecular flexibility index (Phi) is 10.8. The number of carbonyl (C=O) groups is 2. The van der Waals surface area contributed by atoms with Gasteiger partial charge in [0.15, 0.2) is 0 Å². The first-order chi connectivity index (χ1) is 18.1. The van der Waals surface area contributed by atoms with Crippen LogP contribution in [0.2, 0.25) is 10.0 Å². The van der Waals surface area contributed by atoms with Gasteiger partial charge >= 0.3 is 0 Å². The number of nitrogens with zero attached hydrogens (tertiary/aromatic N) is 1. The lowest BCUT2D eigenvalue weighted by Crippen LogP contribution is -2.50. The van der Waals surface area contributed by atoms with Gasteiger partial charge in [0.2, 0.25) is 11.8 Å². The molecule has 1 atom stereocenters. The van der Waals surface area contributed by atoms with Crippen molar-refractivity contribution >= 4 is 35.0 Å². The molecule has 38 heavy (non-hydrogen) atoms. The summed E-state index contributed by atoms with van der Waals surface area (Å²) in [6.45, 7) is 9.24. The summed E-state index contributed by atoms with van der Waals surface area (Å²) >= 11 is 13.0. The standard InChI is InChI=1S/C32H38Cl2N2O2/c1-5-20-35-31(38)29(21-24-10-7-6-8-11-24)36(22-26-27(33)12-9-13-28(26)34)30(37)19-16-23-14-17-25(18-15-23)32(2,3)4/h6-15,17-18,29H,5,16,19-22H2,1-4H3,(H,35,38)/t29-/m0/s1. The van der Waals surface area contributed by atoms with Gasteiger partial charge in [0.1, 0.15) is 6.04 Å². The number of hydrogen-bond donors (Lipinski definition) is 1. The van der Waals surface area contributed by atoms with E-state index < -0.39 is 6.04 Å². The van der Waals surface area contributed by atoms with Crippen molar-refractivity contribution in [3.8, 4) is 0 Å². The highest BCUT2D eigenvalue weighted by molar-refractivity contribution is 6.36. The highest BCUT2D eigenvalue weighted by Crippen LogP contribution is 2.28. The molecule has 202 valence electrons. The molecule has 3 aromatic rings. The van der Waals surface area contributed by atoms with Crippen molar-refractivity contribution in [2.45, 2.75) is 71.4 Å². The molecule has 1 N–H and O–H groups in total. The minimum atomic E-state index is -0.702. The first kappa shape index (κ1) is 29.7. The van der Waals surface area contributed by atoms with Crippen LogP contribution in [0.4, 0.5) is 0 Å². The monoisotopic (exact) mass is 552 g/mol. The second kappa shape index (κ2) is 13.8. The molecule has 0 aliphatic rings. The van der Waals surface area contributed by atoms with Crippen molar-refractivity contribution in [3.05, 3.63) is 105 Å². The highest BCUT2D eigenvalue weighted by Gasteiger charge is 2.31. The van der Waals surface area contributed by atoms with Crippen molar-refractivity contribution in [1.29, 1.82) is 0 Å². The van der Waals surface area contributed by atoms with Crippen LogP contribution < -0.4 is 5.32 Å². The number of carbonyl (C=O) groups excluding carboxylic acids is 2. The van der Waals surface area contributed by atoms with Gasteiger partial charge in [-0.05, 0) is 47.1 Å². The smallest absolute Gasteiger partial charge is 0.243 e. The van der Waals surface area contributed by atoms with Gasteiger partial charge in [-0.2, -0.15) is 0 Å². The minimum Gasteiger partial charge on any atom is -0.354 e. The van der Waals surface area contributed by atoms with Crippen LogP contribution in [0.15, 0.2) is 72.8 Å². The van der Waals surface area contributed by atoms with Crippen molar-refractivity contribution < 1.29 is 9.59 Å². The number of amides is 2. The van der Waals surface area contributed by atoms with Gasteiger partial charge in [-0.15, -0.1) is 0 Å². The summed E-state index contributed by atoms with van der Waals surface area (Å²) in [5.74, 6) is -0.296. The van der Waals surface area contributed by atoms with Gasteiger partial charge in [-0.25, -0.2) is 0 Å². The molecule has 6 heteroatoms. The van der Waals surface area contributed by atoms with E-state index >= 15 is 0 Å². The zero-order chi connectivity index (χ0) is 27.7. The Balaban J connectivity index is 1.91. The predicted molar refractivity (Wildman–Crippen MR) is 158 cm³/mol. The van der Waals surface area contributed by atoms with Crippen LogP contribution in [0.1, 0.15) is 62.8 Å². The molecule has 0 aliphatic carbocycles. The Hall–Kier alpha value is -2.82. The van der Waals surface area contributed by atoms with Crippen molar-refractivity contribution in [2.75, 3.05) is 6.54 Å². The average molecular weight is 554 g/mol. The summed E-state index contributed by atoms with van der Waals surface area (Å²) in [7, 11) is 0. The lowest BCUT2D eigenvalue weighted by atomic mass is 9.86. The summed E-state index contributed by atoms with van der Waals surface area (Å²) in [5, 5.41) is 3.94. The molecule has 0 fully saturated rings. The maximum absolute atomic E-state index is 13.8. The Morgan fingerprint density at radius 3 is 2.08 bits per heavy atom. The van der Waals surface area contributed by atoms with Crippen LogP contribution in [0.5, 0.6) is 0 Å². The van der Waals surface area contributed by atoms with Crippen LogP contribution in [0.3, 0.4) is 0 Å². The van der Waals surface area contributed by atoms with E-state index in [2.05, 4.69) is 50.4 Å². The van der Waals surface area contributed by atoms with E-state index in [0.29, 0.717) is 35.0 Å². The third kappa shape index (κ3) is 8.34. The van der Waals surface area contributed by atoms with Crippen molar-refractivity contribution in [3.63, 3.8) is 0 Å². The molecule has 0 heterocycles. The van der Waals surface area contributed by atoms with Crippen molar-refractivity contribution in [1.82, 2.24) is 10.2 Å². The lowest BCUT2D eigenvalue weighted by molar-refractivity contribution is -0.141. The first-order valence-corrected chi connectivity index (χ1v) is 14.0. The second-order valence-electron chi connectivity index (χ2n) is 10.7. The Morgan fingerprint density at radius 2 is 1.50 bits per heavy atom. The van der Waals surface area contributed by atoms with Crippen LogP contribution in [0, 0.1) is 0 Å². The lowest BCUT2D eigenvalue weighted by Gasteiger charge is -2.32. The first-order valence-electron chi connectivity index (χ1n) is 13.2. The summed E-state index contributed by atoms with van der Waals surface area (Å²) < 4.78 is 0. The quantitative estimate of drug-likeness (QED) is 0.269. The zero-order valence-electron chi connectivity index (χ0n) is 22.8. The highest BCUT2D eigenvalue weighted by atomic mass is 35.5. The van der Waals surface area contributed by atoms with Gasteiger partial charge in [-0.1, -0.05) is 112 Å². The van der Waals surface area contributed by atoms with Gasteiger partial charge in [-0.3, -0.25) is 9.59 Å². The largest absolute Gasteiger partial charge is 0.354 e. The Morgan fingerprint density at radius 1 is 0.868 bits per heavy atom. The van der Waals surface area contributed by atoms with Crippen molar-refractivity contribution in [2.24, 2.45) is 0 Å². The Bertz CT molecular complexity index is 1180. The number of nitrogens with one attached hydrogen (secondary N) is 1. The predicted octanol–water partition coefficient (Wildman–Crippen LogP) is 7.39. The van der Waals surface area contributed by atoms with E-state index in [4.69, 9.17) is 23.2 Å². The number of benzene rings is 3. The number of aryl methyl sites for hydroxylation is 1. The molecular weight excluding hydrogens is 515 g/mol. The maximum Gasteiger partial charge on any atom is 0.243 e. The van der Waals surface area contributed by atoms with Crippen LogP contribution >= 0.6 is 23.2 Å². The molecule has 0 aromatic heterocycles. The molecule has 4 nitrogen and oxygen atoms in total. The molecule has 2 amide bonds. The Labute approximate surface area is 237 Å².